The van der Waals surface area contributed by atoms with Gasteiger partial charge in [0, 0.05) is 62.5 Å². The van der Waals surface area contributed by atoms with Crippen molar-refractivity contribution >= 4 is 63.9 Å². The molecule has 312 valence electrons. The molecule has 0 bridgehead atoms. The van der Waals surface area contributed by atoms with E-state index in [9.17, 15) is 19.2 Å². The topological polar surface area (TPSA) is 153 Å². The van der Waals surface area contributed by atoms with Crippen LogP contribution < -0.4 is 25.8 Å². The first-order chi connectivity index (χ1) is 29.2. The van der Waals surface area contributed by atoms with Crippen LogP contribution in [-0.4, -0.2) is 82.2 Å². The summed E-state index contributed by atoms with van der Waals surface area (Å²) in [6.45, 7) is 3.54. The Morgan fingerprint density at radius 1 is 0.833 bits per heavy atom. The molecule has 0 radical (unpaired) electrons. The molecule has 2 aromatic heterocycles. The maximum absolute atomic E-state index is 14.1. The number of aromatic nitrogens is 3. The molecule has 9 rings (SSSR count). The molecular formula is C46H52ClN9O4. The van der Waals surface area contributed by atoms with Crippen LogP contribution in [0.4, 0.5) is 28.7 Å². The number of carbonyl (C=O) groups is 4. The Morgan fingerprint density at radius 2 is 1.60 bits per heavy atom. The fourth-order valence-electron chi connectivity index (χ4n) is 9.89. The van der Waals surface area contributed by atoms with E-state index in [4.69, 9.17) is 16.6 Å². The molecule has 6 heterocycles. The summed E-state index contributed by atoms with van der Waals surface area (Å²) in [7, 11) is 0. The van der Waals surface area contributed by atoms with Gasteiger partial charge in [0.05, 0.1) is 46.1 Å². The van der Waals surface area contributed by atoms with Crippen LogP contribution in [0.2, 0.25) is 5.02 Å². The van der Waals surface area contributed by atoms with E-state index in [1.165, 1.54) is 31.2 Å². The number of benzene rings is 2. The highest BCUT2D eigenvalue weighted by atomic mass is 35.5. The average Bonchev–Trinajstić information content (AvgIpc) is 3.92. The normalized spacial score (nSPS) is 21.1. The molecule has 60 heavy (non-hydrogen) atoms. The molecule has 1 unspecified atom stereocenters. The molecule has 4 amide bonds. The van der Waals surface area contributed by atoms with E-state index in [0.29, 0.717) is 85.9 Å². The van der Waals surface area contributed by atoms with Gasteiger partial charge in [-0.25, -0.2) is 9.97 Å². The molecule has 5 fully saturated rings. The summed E-state index contributed by atoms with van der Waals surface area (Å²) < 4.78 is 0. The molecular weight excluding hydrogens is 778 g/mol. The molecule has 1 atom stereocenters. The summed E-state index contributed by atoms with van der Waals surface area (Å²) in [5.74, 6) is 1.10. The molecule has 1 aliphatic carbocycles. The largest absolute Gasteiger partial charge is 0.374 e. The maximum Gasteiger partial charge on any atom is 0.249 e. The van der Waals surface area contributed by atoms with Crippen molar-refractivity contribution in [3.05, 3.63) is 83.8 Å². The van der Waals surface area contributed by atoms with Gasteiger partial charge in [-0.15, -0.1) is 0 Å². The van der Waals surface area contributed by atoms with Gasteiger partial charge in [0.2, 0.25) is 29.6 Å². The van der Waals surface area contributed by atoms with E-state index in [1.54, 1.807) is 18.6 Å². The van der Waals surface area contributed by atoms with Crippen molar-refractivity contribution in [1.82, 2.24) is 25.2 Å². The lowest BCUT2D eigenvalue weighted by molar-refractivity contribution is -0.138. The zero-order chi connectivity index (χ0) is 41.2. The number of amides is 4. The van der Waals surface area contributed by atoms with Gasteiger partial charge in [-0.05, 0) is 105 Å². The lowest BCUT2D eigenvalue weighted by atomic mass is 9.77. The number of nitrogens with zero attached hydrogens (tertiary/aromatic N) is 6. The minimum absolute atomic E-state index is 0.105. The number of piperidine rings is 3. The van der Waals surface area contributed by atoms with Crippen LogP contribution in [0, 0.1) is 11.3 Å². The number of hydrogen-bond donors (Lipinski definition) is 3. The second-order valence-electron chi connectivity index (χ2n) is 17.3. The molecule has 14 heteroatoms. The third-order valence-electron chi connectivity index (χ3n) is 13.5. The van der Waals surface area contributed by atoms with Crippen molar-refractivity contribution in [2.75, 3.05) is 53.2 Å². The van der Waals surface area contributed by atoms with Crippen LogP contribution in [-0.2, 0) is 19.2 Å². The van der Waals surface area contributed by atoms with E-state index >= 15 is 0 Å². The number of anilines is 5. The van der Waals surface area contributed by atoms with Gasteiger partial charge in [-0.3, -0.25) is 29.5 Å². The van der Waals surface area contributed by atoms with Crippen molar-refractivity contribution < 1.29 is 19.2 Å². The third kappa shape index (κ3) is 8.54. The first-order valence-electron chi connectivity index (χ1n) is 21.6. The standard InChI is InChI=1S/C46H52ClN9O4/c47-38-29-49-45(53-42(38)33-7-3-6-32(25-33)31-4-1-2-5-31)51-35-26-37(28-48-27-35)56-23-18-46(44(56)60)16-21-55(22-17-46)41(58)24-30-14-19-54(20-15-30)36-10-8-34(9-11-36)50-39-12-13-40(57)52-43(39)59/h3,6-11,25-31,39,50H,1-2,4-5,12-24H2,(H,49,51,53)(H,52,57,59). The average molecular weight is 830 g/mol. The highest BCUT2D eigenvalue weighted by molar-refractivity contribution is 6.32. The summed E-state index contributed by atoms with van der Waals surface area (Å²) in [5, 5.41) is 9.40. The van der Waals surface area contributed by atoms with Crippen LogP contribution in [0.5, 0.6) is 0 Å². The summed E-state index contributed by atoms with van der Waals surface area (Å²) in [4.78, 5) is 71.1. The third-order valence-corrected chi connectivity index (χ3v) is 13.8. The second-order valence-corrected chi connectivity index (χ2v) is 17.7. The van der Waals surface area contributed by atoms with Gasteiger partial charge >= 0.3 is 0 Å². The molecule has 1 spiro atoms. The Labute approximate surface area is 355 Å². The number of halogens is 1. The molecule has 4 aliphatic heterocycles. The summed E-state index contributed by atoms with van der Waals surface area (Å²) in [5.41, 5.74) is 5.86. The van der Waals surface area contributed by atoms with Crippen LogP contribution in [0.25, 0.3) is 11.3 Å². The number of nitrogens with one attached hydrogen (secondary N) is 3. The van der Waals surface area contributed by atoms with Crippen molar-refractivity contribution in [2.24, 2.45) is 11.3 Å². The van der Waals surface area contributed by atoms with Crippen LogP contribution in [0.1, 0.15) is 88.5 Å². The van der Waals surface area contributed by atoms with Crippen LogP contribution in [0.3, 0.4) is 0 Å². The molecule has 4 saturated heterocycles. The van der Waals surface area contributed by atoms with Crippen LogP contribution >= 0.6 is 11.6 Å². The van der Waals surface area contributed by atoms with E-state index in [1.807, 2.05) is 34.1 Å². The number of likely N-dealkylation sites (tertiary alicyclic amines) is 1. The number of rotatable bonds is 10. The quantitative estimate of drug-likeness (QED) is 0.137. The number of hydrogen-bond acceptors (Lipinski definition) is 10. The Bertz CT molecular complexity index is 2250. The first-order valence-corrected chi connectivity index (χ1v) is 22.0. The Balaban J connectivity index is 0.752. The Hall–Kier alpha value is -5.56. The highest BCUT2D eigenvalue weighted by Gasteiger charge is 2.49. The zero-order valence-electron chi connectivity index (χ0n) is 33.9. The van der Waals surface area contributed by atoms with E-state index in [-0.39, 0.29) is 23.6 Å². The monoisotopic (exact) mass is 829 g/mol. The van der Waals surface area contributed by atoms with E-state index < -0.39 is 11.5 Å². The Morgan fingerprint density at radius 3 is 2.37 bits per heavy atom. The lowest BCUT2D eigenvalue weighted by Crippen LogP contribution is -2.47. The number of imide groups is 1. The van der Waals surface area contributed by atoms with Gasteiger partial charge in [0.1, 0.15) is 6.04 Å². The highest BCUT2D eigenvalue weighted by Crippen LogP contribution is 2.44. The minimum Gasteiger partial charge on any atom is -0.374 e. The maximum atomic E-state index is 14.1. The zero-order valence-corrected chi connectivity index (χ0v) is 34.6. The molecule has 3 N–H and O–H groups in total. The van der Waals surface area contributed by atoms with Gasteiger partial charge in [0.25, 0.3) is 0 Å². The SMILES string of the molecule is O=C1CCC(Nc2ccc(N3CCC(CC(=O)N4CCC5(CC4)CCN(c4cncc(Nc6ncc(Cl)c(-c7cccc(C8CCCC8)c7)n6)c4)C5=O)CC3)cc2)C(=O)N1. The van der Waals surface area contributed by atoms with Gasteiger partial charge < -0.3 is 25.3 Å². The minimum atomic E-state index is -0.473. The molecule has 2 aromatic carbocycles. The predicted octanol–water partition coefficient (Wildman–Crippen LogP) is 7.46. The summed E-state index contributed by atoms with van der Waals surface area (Å²) in [6.07, 6.45) is 15.3. The van der Waals surface area contributed by atoms with Crippen LogP contribution in [0.15, 0.2) is 73.2 Å². The first kappa shape index (κ1) is 39.9. The fraction of sp³-hybridized carbons (Fsp3) is 0.457. The fourth-order valence-corrected chi connectivity index (χ4v) is 10.1. The number of carbonyl (C=O) groups excluding carboxylic acids is 4. The molecule has 5 aliphatic rings. The van der Waals surface area contributed by atoms with Gasteiger partial charge in [-0.2, -0.15) is 0 Å². The van der Waals surface area contributed by atoms with E-state index in [0.717, 1.165) is 55.0 Å². The van der Waals surface area contributed by atoms with Crippen molar-refractivity contribution in [2.45, 2.75) is 89.0 Å². The van der Waals surface area contributed by atoms with E-state index in [2.05, 4.69) is 61.2 Å². The number of pyridine rings is 1. The lowest BCUT2D eigenvalue weighted by Gasteiger charge is -2.39. The van der Waals surface area contributed by atoms with Gasteiger partial charge in [0.15, 0.2) is 0 Å². The summed E-state index contributed by atoms with van der Waals surface area (Å²) in [6, 6.07) is 18.1. The second kappa shape index (κ2) is 17.2. The van der Waals surface area contributed by atoms with Crippen molar-refractivity contribution in [3.63, 3.8) is 0 Å². The predicted molar refractivity (Wildman–Crippen MR) is 232 cm³/mol. The van der Waals surface area contributed by atoms with Crippen molar-refractivity contribution in [1.29, 1.82) is 0 Å². The van der Waals surface area contributed by atoms with Gasteiger partial charge in [-0.1, -0.05) is 42.6 Å². The molecule has 1 saturated carbocycles. The van der Waals surface area contributed by atoms with Crippen molar-refractivity contribution in [3.8, 4) is 11.3 Å². The molecule has 4 aromatic rings. The summed E-state index contributed by atoms with van der Waals surface area (Å²) >= 11 is 6.62. The molecule has 13 nitrogen and oxygen atoms in total. The Kier molecular flexibility index (Phi) is 11.4. The smallest absolute Gasteiger partial charge is 0.249 e.